The molecule has 178 valence electrons. The molecule has 7 heteroatoms. The van der Waals surface area contributed by atoms with Crippen molar-refractivity contribution in [2.24, 2.45) is 0 Å². The summed E-state index contributed by atoms with van der Waals surface area (Å²) in [4.78, 5) is -0.348. The molecule has 0 aliphatic rings. The van der Waals surface area contributed by atoms with Crippen LogP contribution in [0, 0.1) is 0 Å². The van der Waals surface area contributed by atoms with E-state index in [1.54, 1.807) is 24.3 Å². The van der Waals surface area contributed by atoms with Gasteiger partial charge in [-0.05, 0) is 37.1 Å². The van der Waals surface area contributed by atoms with Crippen LogP contribution in [-0.4, -0.2) is 13.0 Å². The van der Waals surface area contributed by atoms with Crippen LogP contribution in [0.2, 0.25) is 0 Å². The van der Waals surface area contributed by atoms with Crippen molar-refractivity contribution < 1.29 is 74.2 Å². The zero-order chi connectivity index (χ0) is 23.2. The molecule has 0 aliphatic carbocycles. The van der Waals surface area contributed by atoms with Gasteiger partial charge in [0.05, 0.1) is 0 Å². The molecule has 5 nitrogen and oxygen atoms in total. The maximum atomic E-state index is 12.0. The Kier molecular flexibility index (Phi) is 15.9. The first-order valence-electron chi connectivity index (χ1n) is 12.0. The van der Waals surface area contributed by atoms with E-state index < -0.39 is 15.9 Å². The molecule has 1 N–H and O–H groups in total. The van der Waals surface area contributed by atoms with Crippen molar-refractivity contribution in [2.75, 3.05) is 0 Å². The minimum Gasteiger partial charge on any atom is -0.872 e. The Morgan fingerprint density at radius 2 is 1.33 bits per heavy atom. The van der Waals surface area contributed by atoms with Gasteiger partial charge in [-0.1, -0.05) is 95.8 Å². The molecule has 2 rings (SSSR count). The zero-order valence-electron chi connectivity index (χ0n) is 20.2. The monoisotopic (exact) mass is 500 g/mol. The maximum absolute atomic E-state index is 12.0. The van der Waals surface area contributed by atoms with Gasteiger partial charge in [0.25, 0.3) is 10.1 Å². The van der Waals surface area contributed by atoms with E-state index in [-0.39, 0.29) is 62.0 Å². The van der Waals surface area contributed by atoms with Gasteiger partial charge in [-0.25, -0.2) is 0 Å². The third-order valence-electron chi connectivity index (χ3n) is 5.67. The number of benzene rings is 2. The molecule has 0 spiro atoms. The van der Waals surface area contributed by atoms with Crippen LogP contribution in [0.3, 0.4) is 0 Å². The largest absolute Gasteiger partial charge is 1.00 e. The van der Waals surface area contributed by atoms with E-state index >= 15 is 0 Å². The molecule has 0 heterocycles. The van der Waals surface area contributed by atoms with Crippen molar-refractivity contribution in [1.29, 1.82) is 0 Å². The molecule has 2 aromatic rings. The molecule has 33 heavy (non-hydrogen) atoms. The van der Waals surface area contributed by atoms with Crippen molar-refractivity contribution in [3.63, 3.8) is 0 Å². The molecule has 0 saturated heterocycles. The minimum atomic E-state index is -4.52. The predicted molar refractivity (Wildman–Crippen MR) is 127 cm³/mol. The average Bonchev–Trinajstić information content (AvgIpc) is 2.75. The topological polar surface area (TPSA) is 86.7 Å². The fraction of sp³-hybridized carbons (Fsp3) is 0.538. The maximum Gasteiger partial charge on any atom is 1.00 e. The van der Waals surface area contributed by atoms with Crippen molar-refractivity contribution in [2.45, 2.75) is 95.3 Å². The number of hydrogen-bond acceptors (Lipinski definition) is 4. The number of rotatable bonds is 16. The summed E-state index contributed by atoms with van der Waals surface area (Å²) < 4.78 is 39.2. The molecule has 0 radical (unpaired) electrons. The Labute approximate surface area is 242 Å². The van der Waals surface area contributed by atoms with Crippen LogP contribution in [-0.2, 0) is 16.5 Å². The van der Waals surface area contributed by atoms with E-state index in [0.717, 1.165) is 25.3 Å². The van der Waals surface area contributed by atoms with E-state index in [9.17, 15) is 18.1 Å². The Balaban J connectivity index is 0.00000544. The van der Waals surface area contributed by atoms with Gasteiger partial charge in [0.15, 0.2) is 0 Å². The van der Waals surface area contributed by atoms with Crippen LogP contribution in [0.25, 0.3) is 0 Å². The summed E-state index contributed by atoms with van der Waals surface area (Å²) in [6, 6.07) is 11.2. The first-order valence-corrected chi connectivity index (χ1v) is 13.4. The van der Waals surface area contributed by atoms with Crippen LogP contribution in [0.1, 0.15) is 89.5 Å². The second-order valence-corrected chi connectivity index (χ2v) is 9.82. The fourth-order valence-corrected chi connectivity index (χ4v) is 4.70. The van der Waals surface area contributed by atoms with E-state index in [0.29, 0.717) is 17.7 Å². The van der Waals surface area contributed by atoms with Crippen LogP contribution >= 0.6 is 0 Å². The Morgan fingerprint density at radius 1 is 0.818 bits per heavy atom. The van der Waals surface area contributed by atoms with Gasteiger partial charge < -0.3 is 9.84 Å². The number of unbranched alkanes of at least 4 members (excludes halogenated alkanes) is 11. The molecular formula is C26H37KO5S. The summed E-state index contributed by atoms with van der Waals surface area (Å²) in [7, 11) is -4.52. The summed E-state index contributed by atoms with van der Waals surface area (Å²) in [6.45, 7) is 2.24. The molecule has 0 amide bonds. The molecular weight excluding hydrogens is 463 g/mol. The smallest absolute Gasteiger partial charge is 0.872 e. The van der Waals surface area contributed by atoms with Gasteiger partial charge in [0, 0.05) is 5.56 Å². The van der Waals surface area contributed by atoms with Gasteiger partial charge in [0.2, 0.25) is 0 Å². The van der Waals surface area contributed by atoms with E-state index in [1.807, 2.05) is 6.07 Å². The quantitative estimate of drug-likeness (QED) is 0.213. The molecule has 0 bridgehead atoms. The Bertz CT molecular complexity index is 900. The molecule has 0 aromatic heterocycles. The summed E-state index contributed by atoms with van der Waals surface area (Å²) >= 11 is 0. The van der Waals surface area contributed by atoms with Crippen molar-refractivity contribution in [3.05, 3.63) is 48.0 Å². The fourth-order valence-electron chi connectivity index (χ4n) is 3.92. The van der Waals surface area contributed by atoms with Crippen LogP contribution in [0.15, 0.2) is 47.4 Å². The second-order valence-electron chi connectivity index (χ2n) is 8.43. The summed E-state index contributed by atoms with van der Waals surface area (Å²) in [5.74, 6) is 0.191. The Morgan fingerprint density at radius 3 is 1.85 bits per heavy atom. The molecule has 0 atom stereocenters. The van der Waals surface area contributed by atoms with Crippen molar-refractivity contribution >= 4 is 10.1 Å². The minimum absolute atomic E-state index is 0. The first kappa shape index (κ1) is 30.6. The number of ether oxygens (including phenoxy) is 1. The van der Waals surface area contributed by atoms with Gasteiger partial charge in [-0.2, -0.15) is 8.42 Å². The molecule has 0 aliphatic heterocycles. The van der Waals surface area contributed by atoms with Crippen LogP contribution < -0.4 is 61.2 Å². The number of para-hydroxylation sites is 1. The molecule has 0 unspecified atom stereocenters. The van der Waals surface area contributed by atoms with E-state index in [1.165, 1.54) is 63.9 Å². The van der Waals surface area contributed by atoms with Gasteiger partial charge in [-0.15, -0.1) is 5.75 Å². The first-order chi connectivity index (χ1) is 15.4. The van der Waals surface area contributed by atoms with Crippen LogP contribution in [0.4, 0.5) is 0 Å². The molecule has 2 aromatic carbocycles. The van der Waals surface area contributed by atoms with E-state index in [2.05, 4.69) is 6.92 Å². The Hall–Kier alpha value is -0.414. The van der Waals surface area contributed by atoms with Crippen molar-refractivity contribution in [1.82, 2.24) is 0 Å². The summed E-state index contributed by atoms with van der Waals surface area (Å²) in [5.41, 5.74) is 0.364. The third-order valence-corrected chi connectivity index (χ3v) is 6.59. The van der Waals surface area contributed by atoms with Crippen LogP contribution in [0.5, 0.6) is 17.2 Å². The average molecular weight is 501 g/mol. The molecule has 0 fully saturated rings. The van der Waals surface area contributed by atoms with Gasteiger partial charge >= 0.3 is 51.4 Å². The second kappa shape index (κ2) is 17.1. The standard InChI is InChI=1S/C26H38O5S.K/c1-2-3-4-5-6-7-8-9-10-11-12-16-19-24-25(31-23-17-14-13-15-18-23)20-22(27)21-26(24)32(28,29)30;/h13-15,17-18,20-21,27H,2-12,16,19H2,1H3,(H,28,29,30);/q;+1/p-1. The third kappa shape index (κ3) is 12.2. The summed E-state index contributed by atoms with van der Waals surface area (Å²) in [6.07, 6.45) is 14.9. The number of hydrogen-bond donors (Lipinski definition) is 1. The van der Waals surface area contributed by atoms with E-state index in [4.69, 9.17) is 4.74 Å². The van der Waals surface area contributed by atoms with Gasteiger partial charge in [-0.3, -0.25) is 4.55 Å². The summed E-state index contributed by atoms with van der Waals surface area (Å²) in [5, 5.41) is 12.0. The van der Waals surface area contributed by atoms with Crippen molar-refractivity contribution in [3.8, 4) is 17.2 Å². The SMILES string of the molecule is CCCCCCCCCCCCCCc1c(Oc2ccccc2)cc([O-])cc1S(=O)(=O)O.[K+]. The predicted octanol–water partition coefficient (Wildman–Crippen LogP) is 4.05. The normalized spacial score (nSPS) is 11.2. The molecule has 0 saturated carbocycles. The zero-order valence-corrected chi connectivity index (χ0v) is 24.2. The van der Waals surface area contributed by atoms with Gasteiger partial charge in [0.1, 0.15) is 16.4 Å².